The third-order valence-electron chi connectivity index (χ3n) is 3.80. The van der Waals surface area contributed by atoms with Gasteiger partial charge >= 0.3 is 0 Å². The second kappa shape index (κ2) is 19.3. The largest absolute Gasteiger partial charge is 0.493 e. The zero-order valence-electron chi connectivity index (χ0n) is 20.8. The number of hydrogen-bond donors (Lipinski definition) is 2. The molecule has 0 saturated carbocycles. The summed E-state index contributed by atoms with van der Waals surface area (Å²) in [6.45, 7) is 11.2. The molecule has 0 unspecified atom stereocenters. The second-order valence-electron chi connectivity index (χ2n) is 5.53. The highest BCUT2D eigenvalue weighted by Gasteiger charge is 2.22. The first-order chi connectivity index (χ1) is 15.1. The SMILES string of the molecule is CC.CC.CCC=C=C(/C=C\CN)OC1=CCN(C)c2cc(OC)c(OC)cc21.CO. The number of anilines is 1. The number of rotatable bonds is 7. The Morgan fingerprint density at radius 1 is 1.13 bits per heavy atom. The Bertz CT molecular complexity index is 733. The van der Waals surface area contributed by atoms with Gasteiger partial charge in [-0.2, -0.15) is 0 Å². The van der Waals surface area contributed by atoms with Gasteiger partial charge in [-0.1, -0.05) is 46.4 Å². The van der Waals surface area contributed by atoms with Crippen molar-refractivity contribution >= 4 is 11.4 Å². The summed E-state index contributed by atoms with van der Waals surface area (Å²) >= 11 is 0. The molecular formula is C25H42N2O4. The van der Waals surface area contributed by atoms with E-state index in [1.165, 1.54) is 0 Å². The Labute approximate surface area is 189 Å². The van der Waals surface area contributed by atoms with E-state index in [-0.39, 0.29) is 0 Å². The molecule has 1 aromatic carbocycles. The van der Waals surface area contributed by atoms with E-state index in [1.807, 2.05) is 71.2 Å². The average Bonchev–Trinajstić information content (AvgIpc) is 2.85. The molecule has 1 aromatic rings. The summed E-state index contributed by atoms with van der Waals surface area (Å²) in [7, 11) is 6.29. The van der Waals surface area contributed by atoms with E-state index in [1.54, 1.807) is 14.2 Å². The Balaban J connectivity index is 0. The van der Waals surface area contributed by atoms with Crippen molar-refractivity contribution in [3.05, 3.63) is 53.5 Å². The van der Waals surface area contributed by atoms with Crippen molar-refractivity contribution < 1.29 is 19.3 Å². The van der Waals surface area contributed by atoms with E-state index in [0.29, 0.717) is 23.8 Å². The summed E-state index contributed by atoms with van der Waals surface area (Å²) in [5.74, 6) is 2.75. The number of ether oxygens (including phenoxy) is 3. The van der Waals surface area contributed by atoms with Crippen LogP contribution in [0.4, 0.5) is 5.69 Å². The van der Waals surface area contributed by atoms with Crippen molar-refractivity contribution in [1.82, 2.24) is 0 Å². The standard InChI is InChI=1S/C20H26N2O3.2C2H6.CH4O/c1-5-6-8-15(9-7-11-21)25-18-10-12-22(2)17-14-20(24-4)19(23-3)13-16(17)18;3*1-2/h6-7,9-10,13-14H,5,11-12,21H2,1-4H3;2*1-2H3;2H,1H3/b9-7-;;;. The van der Waals surface area contributed by atoms with Crippen molar-refractivity contribution in [2.45, 2.75) is 41.0 Å². The van der Waals surface area contributed by atoms with Gasteiger partial charge in [0.15, 0.2) is 17.3 Å². The van der Waals surface area contributed by atoms with E-state index in [0.717, 1.165) is 37.1 Å². The molecule has 0 aliphatic carbocycles. The summed E-state index contributed by atoms with van der Waals surface area (Å²) in [6.07, 6.45) is 8.54. The van der Waals surface area contributed by atoms with Gasteiger partial charge in [-0.15, -0.1) is 0 Å². The van der Waals surface area contributed by atoms with Crippen LogP contribution in [0.2, 0.25) is 0 Å². The van der Waals surface area contributed by atoms with Crippen LogP contribution >= 0.6 is 0 Å². The zero-order valence-corrected chi connectivity index (χ0v) is 20.8. The summed E-state index contributed by atoms with van der Waals surface area (Å²) in [5.41, 5.74) is 10.7. The van der Waals surface area contributed by atoms with Crippen LogP contribution in [0, 0.1) is 0 Å². The molecule has 1 aliphatic heterocycles. The van der Waals surface area contributed by atoms with E-state index in [4.69, 9.17) is 25.1 Å². The van der Waals surface area contributed by atoms with Gasteiger partial charge in [0.2, 0.25) is 0 Å². The molecule has 0 saturated heterocycles. The van der Waals surface area contributed by atoms with Crippen molar-refractivity contribution in [3.63, 3.8) is 0 Å². The zero-order chi connectivity index (χ0) is 24.2. The molecule has 0 amide bonds. The molecule has 6 heteroatoms. The summed E-state index contributed by atoms with van der Waals surface area (Å²) in [5, 5.41) is 7.00. The molecule has 0 radical (unpaired) electrons. The van der Waals surface area contributed by atoms with E-state index < -0.39 is 0 Å². The predicted molar refractivity (Wildman–Crippen MR) is 133 cm³/mol. The lowest BCUT2D eigenvalue weighted by Gasteiger charge is -2.28. The third-order valence-corrected chi connectivity index (χ3v) is 3.80. The van der Waals surface area contributed by atoms with Crippen molar-refractivity contribution in [3.8, 4) is 11.5 Å². The molecule has 1 heterocycles. The van der Waals surface area contributed by atoms with Crippen LogP contribution in [0.5, 0.6) is 11.5 Å². The van der Waals surface area contributed by atoms with Gasteiger partial charge in [-0.3, -0.25) is 0 Å². The normalized spacial score (nSPS) is 11.1. The Kier molecular flexibility index (Phi) is 19.0. The van der Waals surface area contributed by atoms with Gasteiger partial charge in [0, 0.05) is 38.9 Å². The molecule has 0 fully saturated rings. The lowest BCUT2D eigenvalue weighted by molar-refractivity contribution is 0.354. The van der Waals surface area contributed by atoms with Crippen molar-refractivity contribution in [2.75, 3.05) is 46.4 Å². The first kappa shape index (κ1) is 30.5. The average molecular weight is 435 g/mol. The maximum atomic E-state index is 7.00. The molecule has 31 heavy (non-hydrogen) atoms. The van der Waals surface area contributed by atoms with E-state index in [9.17, 15) is 0 Å². The van der Waals surface area contributed by atoms with Crippen LogP contribution in [-0.2, 0) is 4.74 Å². The summed E-state index contributed by atoms with van der Waals surface area (Å²) in [4.78, 5) is 2.13. The van der Waals surface area contributed by atoms with Crippen LogP contribution in [0.15, 0.2) is 47.9 Å². The van der Waals surface area contributed by atoms with Crippen LogP contribution in [0.1, 0.15) is 46.6 Å². The van der Waals surface area contributed by atoms with Gasteiger partial charge in [-0.05, 0) is 30.7 Å². The van der Waals surface area contributed by atoms with Gasteiger partial charge in [0.1, 0.15) is 5.76 Å². The number of nitrogens with zero attached hydrogens (tertiary/aromatic N) is 1. The molecule has 0 spiro atoms. The monoisotopic (exact) mass is 434 g/mol. The smallest absolute Gasteiger partial charge is 0.169 e. The molecule has 0 atom stereocenters. The highest BCUT2D eigenvalue weighted by atomic mass is 16.5. The number of allylic oxidation sites excluding steroid dienone is 1. The topological polar surface area (TPSA) is 77.2 Å². The fourth-order valence-corrected chi connectivity index (χ4v) is 2.51. The van der Waals surface area contributed by atoms with Crippen LogP contribution in [-0.4, -0.2) is 46.6 Å². The minimum atomic E-state index is 0.448. The molecular weight excluding hydrogens is 392 g/mol. The minimum absolute atomic E-state index is 0.448. The number of hydrogen-bond acceptors (Lipinski definition) is 6. The van der Waals surface area contributed by atoms with Crippen molar-refractivity contribution in [1.29, 1.82) is 0 Å². The van der Waals surface area contributed by atoms with Gasteiger partial charge in [0.25, 0.3) is 0 Å². The third kappa shape index (κ3) is 9.79. The number of nitrogens with two attached hydrogens (primary N) is 1. The van der Waals surface area contributed by atoms with Gasteiger partial charge in [-0.25, -0.2) is 0 Å². The maximum Gasteiger partial charge on any atom is 0.169 e. The number of methoxy groups -OCH3 is 2. The number of likely N-dealkylation sites (N-methyl/N-ethyl adjacent to an activating group) is 1. The van der Waals surface area contributed by atoms with Crippen LogP contribution in [0.3, 0.4) is 0 Å². The van der Waals surface area contributed by atoms with Crippen LogP contribution < -0.4 is 20.1 Å². The second-order valence-corrected chi connectivity index (χ2v) is 5.53. The highest BCUT2D eigenvalue weighted by Crippen LogP contribution is 2.40. The first-order valence-corrected chi connectivity index (χ1v) is 10.8. The number of aliphatic hydroxyl groups is 1. The fraction of sp³-hybridized carbons (Fsp3) is 0.480. The molecule has 0 aromatic heterocycles. The van der Waals surface area contributed by atoms with E-state index >= 15 is 0 Å². The number of benzene rings is 1. The fourth-order valence-electron chi connectivity index (χ4n) is 2.51. The highest BCUT2D eigenvalue weighted by molar-refractivity contribution is 5.80. The molecule has 3 N–H and O–H groups in total. The minimum Gasteiger partial charge on any atom is -0.493 e. The maximum absolute atomic E-state index is 7.00. The van der Waals surface area contributed by atoms with Gasteiger partial charge < -0.3 is 30.0 Å². The molecule has 1 aliphatic rings. The van der Waals surface area contributed by atoms with E-state index in [2.05, 4.69) is 17.6 Å². The quantitative estimate of drug-likeness (QED) is 0.352. The van der Waals surface area contributed by atoms with Crippen molar-refractivity contribution in [2.24, 2.45) is 5.73 Å². The molecule has 0 bridgehead atoms. The summed E-state index contributed by atoms with van der Waals surface area (Å²) in [6, 6.07) is 3.90. The predicted octanol–water partition coefficient (Wildman–Crippen LogP) is 5.14. The Morgan fingerprint density at radius 2 is 1.71 bits per heavy atom. The lowest BCUT2D eigenvalue weighted by Crippen LogP contribution is -2.22. The molecule has 6 nitrogen and oxygen atoms in total. The first-order valence-electron chi connectivity index (χ1n) is 10.8. The molecule has 2 rings (SSSR count). The summed E-state index contributed by atoms with van der Waals surface area (Å²) < 4.78 is 17.0. The Morgan fingerprint density at radius 3 is 2.23 bits per heavy atom. The number of aliphatic hydroxyl groups excluding tert-OH is 1. The number of fused-ring (bicyclic) bond motifs is 1. The molecule has 176 valence electrons. The van der Waals surface area contributed by atoms with Gasteiger partial charge in [0.05, 0.1) is 19.9 Å². The Hall–Kier alpha value is -2.66. The van der Waals surface area contributed by atoms with Crippen LogP contribution in [0.25, 0.3) is 5.76 Å². The lowest BCUT2D eigenvalue weighted by atomic mass is 10.0.